The van der Waals surface area contributed by atoms with Crippen LogP contribution in [0.2, 0.25) is 0 Å². The fourth-order valence-electron chi connectivity index (χ4n) is 2.18. The lowest BCUT2D eigenvalue weighted by atomic mass is 10.2. The number of carbonyl (C=O) groups excluding carboxylic acids is 1. The van der Waals surface area contributed by atoms with Gasteiger partial charge in [-0.2, -0.15) is 0 Å². The number of anilines is 1. The zero-order valence-electron chi connectivity index (χ0n) is 13.2. The van der Waals surface area contributed by atoms with Crippen molar-refractivity contribution in [3.05, 3.63) is 60.1 Å². The van der Waals surface area contributed by atoms with Crippen molar-refractivity contribution in [1.82, 2.24) is 15.0 Å². The van der Waals surface area contributed by atoms with Gasteiger partial charge < -0.3 is 19.6 Å². The van der Waals surface area contributed by atoms with Gasteiger partial charge in [0.1, 0.15) is 11.9 Å². The standard InChI is InChI=1S/C16H15FN4O4/c1-24-14-5-4-10(7-11(14)17)18-16(23)12-8-21(20-19-12)9-13(22)15-3-2-6-25-15/h2-8,13,22H,9H2,1H3,(H,18,23). The second-order valence-corrected chi connectivity index (χ2v) is 5.16. The van der Waals surface area contributed by atoms with Gasteiger partial charge in [0.05, 0.1) is 26.1 Å². The van der Waals surface area contributed by atoms with E-state index in [0.717, 1.165) is 6.07 Å². The molecule has 2 aromatic heterocycles. The molecule has 0 radical (unpaired) electrons. The molecule has 130 valence electrons. The fraction of sp³-hybridized carbons (Fsp3) is 0.188. The Hall–Kier alpha value is -3.20. The van der Waals surface area contributed by atoms with E-state index < -0.39 is 17.8 Å². The second-order valence-electron chi connectivity index (χ2n) is 5.16. The molecule has 0 aliphatic rings. The van der Waals surface area contributed by atoms with E-state index in [2.05, 4.69) is 15.6 Å². The Morgan fingerprint density at radius 1 is 1.48 bits per heavy atom. The Kier molecular flexibility index (Phi) is 4.75. The van der Waals surface area contributed by atoms with E-state index in [1.54, 1.807) is 12.1 Å². The molecule has 0 spiro atoms. The molecular weight excluding hydrogens is 331 g/mol. The first kappa shape index (κ1) is 16.7. The number of aliphatic hydroxyl groups is 1. The number of aliphatic hydroxyl groups excluding tert-OH is 1. The highest BCUT2D eigenvalue weighted by atomic mass is 19.1. The lowest BCUT2D eigenvalue weighted by molar-refractivity contribution is 0.102. The van der Waals surface area contributed by atoms with Crippen LogP contribution in [-0.2, 0) is 6.54 Å². The van der Waals surface area contributed by atoms with Gasteiger partial charge >= 0.3 is 0 Å². The number of aromatic nitrogens is 3. The molecule has 2 heterocycles. The van der Waals surface area contributed by atoms with Crippen molar-refractivity contribution < 1.29 is 23.4 Å². The monoisotopic (exact) mass is 346 g/mol. The third-order valence-electron chi connectivity index (χ3n) is 3.41. The van der Waals surface area contributed by atoms with Gasteiger partial charge in [0, 0.05) is 11.8 Å². The van der Waals surface area contributed by atoms with Crippen molar-refractivity contribution >= 4 is 11.6 Å². The molecule has 8 nitrogen and oxygen atoms in total. The van der Waals surface area contributed by atoms with Crippen molar-refractivity contribution in [2.24, 2.45) is 0 Å². The molecule has 25 heavy (non-hydrogen) atoms. The van der Waals surface area contributed by atoms with Crippen LogP contribution < -0.4 is 10.1 Å². The largest absolute Gasteiger partial charge is 0.494 e. The predicted molar refractivity (Wildman–Crippen MR) is 84.6 cm³/mol. The number of ether oxygens (including phenoxy) is 1. The number of hydrogen-bond donors (Lipinski definition) is 2. The van der Waals surface area contributed by atoms with Crippen LogP contribution >= 0.6 is 0 Å². The van der Waals surface area contributed by atoms with Crippen molar-refractivity contribution in [2.75, 3.05) is 12.4 Å². The van der Waals surface area contributed by atoms with Crippen molar-refractivity contribution in [3.63, 3.8) is 0 Å². The molecule has 0 aliphatic carbocycles. The molecule has 0 aliphatic heterocycles. The van der Waals surface area contributed by atoms with Gasteiger partial charge in [0.15, 0.2) is 17.3 Å². The van der Waals surface area contributed by atoms with E-state index in [-0.39, 0.29) is 23.7 Å². The number of furan rings is 1. The molecule has 1 unspecified atom stereocenters. The molecule has 1 amide bonds. The maximum absolute atomic E-state index is 13.6. The van der Waals surface area contributed by atoms with Crippen LogP contribution in [0.3, 0.4) is 0 Å². The van der Waals surface area contributed by atoms with Crippen LogP contribution in [-0.4, -0.2) is 33.1 Å². The summed E-state index contributed by atoms with van der Waals surface area (Å²) >= 11 is 0. The topological polar surface area (TPSA) is 102 Å². The Labute approximate surface area is 141 Å². The molecular formula is C16H15FN4O4. The third kappa shape index (κ3) is 3.83. The molecule has 9 heteroatoms. The summed E-state index contributed by atoms with van der Waals surface area (Å²) in [5, 5.41) is 20.0. The molecule has 0 saturated heterocycles. The summed E-state index contributed by atoms with van der Waals surface area (Å²) in [6, 6.07) is 7.34. The highest BCUT2D eigenvalue weighted by Crippen LogP contribution is 2.21. The molecule has 1 atom stereocenters. The van der Waals surface area contributed by atoms with E-state index in [0.29, 0.717) is 5.76 Å². The predicted octanol–water partition coefficient (Wildman–Crippen LogP) is 2.00. The maximum Gasteiger partial charge on any atom is 0.277 e. The van der Waals surface area contributed by atoms with Crippen LogP contribution in [0.15, 0.2) is 47.2 Å². The summed E-state index contributed by atoms with van der Waals surface area (Å²) in [6.45, 7) is 0.0744. The van der Waals surface area contributed by atoms with E-state index in [9.17, 15) is 14.3 Å². The van der Waals surface area contributed by atoms with E-state index in [4.69, 9.17) is 9.15 Å². The number of hydrogen-bond acceptors (Lipinski definition) is 6. The molecule has 3 rings (SSSR count). The highest BCUT2D eigenvalue weighted by molar-refractivity contribution is 6.02. The first-order valence-electron chi connectivity index (χ1n) is 7.33. The third-order valence-corrected chi connectivity index (χ3v) is 3.41. The van der Waals surface area contributed by atoms with Crippen LogP contribution in [0, 0.1) is 5.82 Å². The average molecular weight is 346 g/mol. The minimum absolute atomic E-state index is 0.0304. The van der Waals surface area contributed by atoms with Crippen molar-refractivity contribution in [2.45, 2.75) is 12.6 Å². The average Bonchev–Trinajstić information content (AvgIpc) is 3.27. The number of benzene rings is 1. The molecule has 0 saturated carbocycles. The van der Waals surface area contributed by atoms with Gasteiger partial charge in [-0.3, -0.25) is 4.79 Å². The van der Waals surface area contributed by atoms with Crippen LogP contribution in [0.4, 0.5) is 10.1 Å². The van der Waals surface area contributed by atoms with Gasteiger partial charge in [-0.15, -0.1) is 5.10 Å². The molecule has 2 N–H and O–H groups in total. The van der Waals surface area contributed by atoms with Crippen LogP contribution in [0.5, 0.6) is 5.75 Å². The second kappa shape index (κ2) is 7.14. The Bertz CT molecular complexity index is 863. The smallest absolute Gasteiger partial charge is 0.277 e. The maximum atomic E-state index is 13.6. The fourth-order valence-corrected chi connectivity index (χ4v) is 2.18. The number of methoxy groups -OCH3 is 1. The van der Waals surface area contributed by atoms with Gasteiger partial charge in [0.2, 0.25) is 0 Å². The first-order chi connectivity index (χ1) is 12.1. The number of nitrogens with one attached hydrogen (secondary N) is 1. The number of nitrogens with zero attached hydrogens (tertiary/aromatic N) is 3. The lowest BCUT2D eigenvalue weighted by Gasteiger charge is -2.06. The van der Waals surface area contributed by atoms with Gasteiger partial charge in [0.25, 0.3) is 5.91 Å². The summed E-state index contributed by atoms with van der Waals surface area (Å²) in [5.41, 5.74) is 0.288. The van der Waals surface area contributed by atoms with E-state index in [1.807, 2.05) is 0 Å². The van der Waals surface area contributed by atoms with E-state index in [1.165, 1.54) is 36.4 Å². The first-order valence-corrected chi connectivity index (χ1v) is 7.33. The lowest BCUT2D eigenvalue weighted by Crippen LogP contribution is -2.13. The number of amides is 1. The van der Waals surface area contributed by atoms with Crippen molar-refractivity contribution in [1.29, 1.82) is 0 Å². The Balaban J connectivity index is 1.65. The minimum Gasteiger partial charge on any atom is -0.494 e. The SMILES string of the molecule is COc1ccc(NC(=O)c2cn(CC(O)c3ccco3)nn2)cc1F. The number of rotatable bonds is 6. The molecule has 3 aromatic rings. The van der Waals surface area contributed by atoms with E-state index >= 15 is 0 Å². The minimum atomic E-state index is -0.914. The summed E-state index contributed by atoms with van der Waals surface area (Å²) in [7, 11) is 1.35. The Morgan fingerprint density at radius 3 is 3.00 bits per heavy atom. The number of halogens is 1. The van der Waals surface area contributed by atoms with Gasteiger partial charge in [-0.25, -0.2) is 9.07 Å². The molecule has 0 bridgehead atoms. The normalized spacial score (nSPS) is 12.0. The van der Waals surface area contributed by atoms with Crippen LogP contribution in [0.25, 0.3) is 0 Å². The van der Waals surface area contributed by atoms with Gasteiger partial charge in [-0.05, 0) is 24.3 Å². The number of carbonyl (C=O) groups is 1. The zero-order valence-corrected chi connectivity index (χ0v) is 13.2. The quantitative estimate of drug-likeness (QED) is 0.708. The van der Waals surface area contributed by atoms with Gasteiger partial charge in [-0.1, -0.05) is 5.21 Å². The molecule has 1 aromatic carbocycles. The zero-order chi connectivity index (χ0) is 17.8. The van der Waals surface area contributed by atoms with Crippen molar-refractivity contribution in [3.8, 4) is 5.75 Å². The Morgan fingerprint density at radius 2 is 2.32 bits per heavy atom. The highest BCUT2D eigenvalue weighted by Gasteiger charge is 2.16. The summed E-state index contributed by atoms with van der Waals surface area (Å²) in [6.07, 6.45) is 1.91. The molecule has 0 fully saturated rings. The summed E-state index contributed by atoms with van der Waals surface area (Å²) in [5.74, 6) is -0.681. The van der Waals surface area contributed by atoms with Crippen LogP contribution in [0.1, 0.15) is 22.4 Å². The summed E-state index contributed by atoms with van der Waals surface area (Å²) in [4.78, 5) is 12.1. The summed E-state index contributed by atoms with van der Waals surface area (Å²) < 4.78 is 24.9.